The lowest BCUT2D eigenvalue weighted by Gasteiger charge is -2.14. The number of carbonyl (C=O) groups is 1. The molecule has 1 heterocycles. The quantitative estimate of drug-likeness (QED) is 0.753. The van der Waals surface area contributed by atoms with E-state index in [1.807, 2.05) is 0 Å². The number of nitrogens with one attached hydrogen (secondary N) is 1. The molecule has 0 aliphatic rings. The number of esters is 1. The molecule has 1 aromatic rings. The Labute approximate surface area is 94.8 Å². The zero-order chi connectivity index (χ0) is 12.0. The zero-order valence-electron chi connectivity index (χ0n) is 9.69. The van der Waals surface area contributed by atoms with E-state index >= 15 is 0 Å². The lowest BCUT2D eigenvalue weighted by molar-refractivity contribution is -0.145. The van der Waals surface area contributed by atoms with Crippen molar-refractivity contribution < 1.29 is 14.3 Å². The number of hydrogen-bond donors (Lipinski definition) is 1. The van der Waals surface area contributed by atoms with E-state index in [2.05, 4.69) is 10.3 Å². The Bertz CT molecular complexity index is 338. The fourth-order valence-electron chi connectivity index (χ4n) is 1.33. The lowest BCUT2D eigenvalue weighted by Crippen LogP contribution is -2.27. The number of ether oxygens (including phenoxy) is 2. The van der Waals surface area contributed by atoms with E-state index in [4.69, 9.17) is 9.47 Å². The van der Waals surface area contributed by atoms with E-state index in [9.17, 15) is 4.79 Å². The third-order valence-corrected chi connectivity index (χ3v) is 2.11. The van der Waals surface area contributed by atoms with Crippen LogP contribution in [0.5, 0.6) is 5.88 Å². The Kier molecular flexibility index (Phi) is 4.72. The van der Waals surface area contributed by atoms with Crippen LogP contribution in [0.25, 0.3) is 0 Å². The van der Waals surface area contributed by atoms with Gasteiger partial charge in [-0.25, -0.2) is 9.78 Å². The molecule has 0 bridgehead atoms. The Morgan fingerprint density at radius 1 is 1.56 bits per heavy atom. The molecule has 5 nitrogen and oxygen atoms in total. The highest BCUT2D eigenvalue weighted by Gasteiger charge is 2.19. The molecule has 0 saturated carbocycles. The average molecular weight is 224 g/mol. The summed E-state index contributed by atoms with van der Waals surface area (Å²) in [5.41, 5.74) is 0.752. The first kappa shape index (κ1) is 12.4. The summed E-state index contributed by atoms with van der Waals surface area (Å²) in [7, 11) is 3.24. The molecule has 1 unspecified atom stereocenters. The molecule has 0 spiro atoms. The van der Waals surface area contributed by atoms with Gasteiger partial charge in [-0.15, -0.1) is 0 Å². The molecule has 0 aliphatic carbocycles. The number of carbonyl (C=O) groups excluding carboxylic acids is 1. The van der Waals surface area contributed by atoms with Crippen molar-refractivity contribution in [1.82, 2.24) is 10.3 Å². The zero-order valence-corrected chi connectivity index (χ0v) is 9.69. The molecule has 0 fully saturated rings. The highest BCUT2D eigenvalue weighted by atomic mass is 16.5. The Hall–Kier alpha value is -1.62. The predicted octanol–water partition coefficient (Wildman–Crippen LogP) is 0.914. The maximum Gasteiger partial charge on any atom is 0.327 e. The minimum absolute atomic E-state index is 0.308. The van der Waals surface area contributed by atoms with Crippen LogP contribution >= 0.6 is 0 Å². The minimum Gasteiger partial charge on any atom is -0.481 e. The SMILES string of the molecule is CCOC(=O)C(NC)c1ccc(OC)nc1. The highest BCUT2D eigenvalue weighted by Crippen LogP contribution is 2.15. The van der Waals surface area contributed by atoms with Crippen molar-refractivity contribution in [1.29, 1.82) is 0 Å². The van der Waals surface area contributed by atoms with Crippen molar-refractivity contribution in [2.45, 2.75) is 13.0 Å². The summed E-state index contributed by atoms with van der Waals surface area (Å²) >= 11 is 0. The number of aromatic nitrogens is 1. The summed E-state index contributed by atoms with van der Waals surface area (Å²) in [6.07, 6.45) is 1.59. The Balaban J connectivity index is 2.82. The molecule has 0 aromatic carbocycles. The van der Waals surface area contributed by atoms with Crippen molar-refractivity contribution in [2.75, 3.05) is 20.8 Å². The summed E-state index contributed by atoms with van der Waals surface area (Å²) in [6, 6.07) is 3.00. The van der Waals surface area contributed by atoms with Gasteiger partial charge in [0.15, 0.2) is 0 Å². The summed E-state index contributed by atoms with van der Waals surface area (Å²) in [5, 5.41) is 2.89. The molecule has 0 saturated heterocycles. The van der Waals surface area contributed by atoms with E-state index in [0.29, 0.717) is 12.5 Å². The average Bonchev–Trinajstić information content (AvgIpc) is 2.31. The van der Waals surface area contributed by atoms with Crippen molar-refractivity contribution in [3.8, 4) is 5.88 Å². The molecular weight excluding hydrogens is 208 g/mol. The monoisotopic (exact) mass is 224 g/mol. The van der Waals surface area contributed by atoms with Gasteiger partial charge in [-0.3, -0.25) is 0 Å². The van der Waals surface area contributed by atoms with Crippen LogP contribution in [0.1, 0.15) is 18.5 Å². The van der Waals surface area contributed by atoms with Gasteiger partial charge in [0.2, 0.25) is 5.88 Å². The minimum atomic E-state index is -0.488. The van der Waals surface area contributed by atoms with Gasteiger partial charge in [-0.05, 0) is 25.6 Å². The van der Waals surface area contributed by atoms with E-state index in [1.54, 1.807) is 39.4 Å². The maximum absolute atomic E-state index is 11.6. The van der Waals surface area contributed by atoms with Gasteiger partial charge < -0.3 is 14.8 Å². The van der Waals surface area contributed by atoms with Crippen molar-refractivity contribution in [3.63, 3.8) is 0 Å². The van der Waals surface area contributed by atoms with Gasteiger partial charge in [0, 0.05) is 12.3 Å². The fourth-order valence-corrected chi connectivity index (χ4v) is 1.33. The summed E-state index contributed by atoms with van der Waals surface area (Å²) < 4.78 is 9.89. The van der Waals surface area contributed by atoms with Crippen LogP contribution in [-0.4, -0.2) is 31.7 Å². The third-order valence-electron chi connectivity index (χ3n) is 2.11. The van der Waals surface area contributed by atoms with Crippen LogP contribution in [0.2, 0.25) is 0 Å². The standard InChI is InChI=1S/C11H16N2O3/c1-4-16-11(14)10(12-2)8-5-6-9(15-3)13-7-8/h5-7,10,12H,4H2,1-3H3. The second-order valence-electron chi connectivity index (χ2n) is 3.11. The number of likely N-dealkylation sites (N-methyl/N-ethyl adjacent to an activating group) is 1. The first-order chi connectivity index (χ1) is 7.72. The maximum atomic E-state index is 11.6. The molecule has 1 atom stereocenters. The molecule has 0 amide bonds. The van der Waals surface area contributed by atoms with Crippen molar-refractivity contribution in [2.24, 2.45) is 0 Å². The first-order valence-corrected chi connectivity index (χ1v) is 5.06. The number of rotatable bonds is 5. The topological polar surface area (TPSA) is 60.5 Å². The van der Waals surface area contributed by atoms with Crippen LogP contribution in [-0.2, 0) is 9.53 Å². The molecule has 16 heavy (non-hydrogen) atoms. The number of methoxy groups -OCH3 is 1. The van der Waals surface area contributed by atoms with Crippen LogP contribution in [0.4, 0.5) is 0 Å². The first-order valence-electron chi connectivity index (χ1n) is 5.06. The predicted molar refractivity (Wildman–Crippen MR) is 59.2 cm³/mol. The number of nitrogens with zero attached hydrogens (tertiary/aromatic N) is 1. The van der Waals surface area contributed by atoms with Crippen molar-refractivity contribution in [3.05, 3.63) is 23.9 Å². The second kappa shape index (κ2) is 6.07. The summed E-state index contributed by atoms with van der Waals surface area (Å²) in [4.78, 5) is 15.6. The summed E-state index contributed by atoms with van der Waals surface area (Å²) in [5.74, 6) is 0.208. The molecular formula is C11H16N2O3. The molecule has 1 aromatic heterocycles. The van der Waals surface area contributed by atoms with Gasteiger partial charge in [-0.2, -0.15) is 0 Å². The molecule has 5 heteroatoms. The van der Waals surface area contributed by atoms with Crippen LogP contribution < -0.4 is 10.1 Å². The Morgan fingerprint density at radius 3 is 2.75 bits per heavy atom. The lowest BCUT2D eigenvalue weighted by atomic mass is 10.1. The summed E-state index contributed by atoms with van der Waals surface area (Å²) in [6.45, 7) is 2.14. The second-order valence-corrected chi connectivity index (χ2v) is 3.11. The third kappa shape index (κ3) is 2.93. The van der Waals surface area contributed by atoms with Crippen LogP contribution in [0.3, 0.4) is 0 Å². The van der Waals surface area contributed by atoms with E-state index in [0.717, 1.165) is 5.56 Å². The normalized spacial score (nSPS) is 11.9. The number of hydrogen-bond acceptors (Lipinski definition) is 5. The van der Waals surface area contributed by atoms with Crippen LogP contribution in [0, 0.1) is 0 Å². The molecule has 0 radical (unpaired) electrons. The molecule has 1 rings (SSSR count). The van der Waals surface area contributed by atoms with Crippen LogP contribution in [0.15, 0.2) is 18.3 Å². The van der Waals surface area contributed by atoms with E-state index in [-0.39, 0.29) is 5.97 Å². The van der Waals surface area contributed by atoms with Gasteiger partial charge in [0.25, 0.3) is 0 Å². The van der Waals surface area contributed by atoms with Gasteiger partial charge in [-0.1, -0.05) is 0 Å². The Morgan fingerprint density at radius 2 is 2.31 bits per heavy atom. The number of pyridine rings is 1. The smallest absolute Gasteiger partial charge is 0.327 e. The highest BCUT2D eigenvalue weighted by molar-refractivity contribution is 5.77. The van der Waals surface area contributed by atoms with Crippen molar-refractivity contribution >= 4 is 5.97 Å². The fraction of sp³-hybridized carbons (Fsp3) is 0.455. The van der Waals surface area contributed by atoms with Gasteiger partial charge >= 0.3 is 5.97 Å². The van der Waals surface area contributed by atoms with E-state index < -0.39 is 6.04 Å². The molecule has 88 valence electrons. The molecule has 1 N–H and O–H groups in total. The van der Waals surface area contributed by atoms with E-state index in [1.165, 1.54) is 0 Å². The molecule has 0 aliphatic heterocycles. The van der Waals surface area contributed by atoms with Gasteiger partial charge in [0.05, 0.1) is 13.7 Å². The largest absolute Gasteiger partial charge is 0.481 e. The van der Waals surface area contributed by atoms with Gasteiger partial charge in [0.1, 0.15) is 6.04 Å².